The molecular formula is C6H10NO2. The lowest BCUT2D eigenvalue weighted by Gasteiger charge is -2.10. The molecule has 0 aromatic carbocycles. The molecule has 0 saturated heterocycles. The van der Waals surface area contributed by atoms with Crippen molar-refractivity contribution in [3.05, 3.63) is 0 Å². The molecule has 0 fully saturated rings. The Kier molecular flexibility index (Phi) is 3.67. The highest BCUT2D eigenvalue weighted by Gasteiger charge is 2.03. The van der Waals surface area contributed by atoms with Gasteiger partial charge in [-0.2, -0.15) is 0 Å². The van der Waals surface area contributed by atoms with Crippen molar-refractivity contribution < 1.29 is 9.59 Å². The van der Waals surface area contributed by atoms with E-state index in [0.29, 0.717) is 6.54 Å². The zero-order valence-corrected chi connectivity index (χ0v) is 5.68. The lowest BCUT2D eigenvalue weighted by Crippen LogP contribution is -2.25. The van der Waals surface area contributed by atoms with Crippen molar-refractivity contribution in [2.75, 3.05) is 13.6 Å². The zero-order valence-electron chi connectivity index (χ0n) is 5.68. The van der Waals surface area contributed by atoms with E-state index in [2.05, 4.69) is 0 Å². The maximum absolute atomic E-state index is 10.6. The van der Waals surface area contributed by atoms with E-state index in [-0.39, 0.29) is 12.3 Å². The minimum absolute atomic E-state index is 0.121. The van der Waals surface area contributed by atoms with E-state index in [9.17, 15) is 9.59 Å². The van der Waals surface area contributed by atoms with Crippen LogP contribution in [0.5, 0.6) is 0 Å². The summed E-state index contributed by atoms with van der Waals surface area (Å²) in [6.07, 6.45) is 1.42. The third kappa shape index (κ3) is 2.85. The lowest BCUT2D eigenvalue weighted by molar-refractivity contribution is -0.128. The number of nitrogens with zero attached hydrogens (tertiary/aromatic N) is 1. The van der Waals surface area contributed by atoms with Gasteiger partial charge in [0.25, 0.3) is 0 Å². The summed E-state index contributed by atoms with van der Waals surface area (Å²) in [7, 11) is 1.65. The van der Waals surface area contributed by atoms with Crippen molar-refractivity contribution in [2.24, 2.45) is 0 Å². The average molecular weight is 128 g/mol. The van der Waals surface area contributed by atoms with E-state index >= 15 is 0 Å². The van der Waals surface area contributed by atoms with Crippen LogP contribution in [0.15, 0.2) is 0 Å². The van der Waals surface area contributed by atoms with Gasteiger partial charge in [-0.05, 0) is 6.92 Å². The summed E-state index contributed by atoms with van der Waals surface area (Å²) < 4.78 is 0. The van der Waals surface area contributed by atoms with Gasteiger partial charge in [-0.3, -0.25) is 9.59 Å². The molecule has 51 valence electrons. The van der Waals surface area contributed by atoms with Gasteiger partial charge in [0.2, 0.25) is 12.2 Å². The standard InChI is InChI=1S/C6H10NO2/c1-3-7(2)6(9)4-5-8/h3-4H2,1-2H3. The van der Waals surface area contributed by atoms with E-state index < -0.39 is 0 Å². The van der Waals surface area contributed by atoms with Crippen molar-refractivity contribution in [1.29, 1.82) is 0 Å². The lowest BCUT2D eigenvalue weighted by atomic mass is 10.4. The number of amides is 1. The Morgan fingerprint density at radius 1 is 1.67 bits per heavy atom. The van der Waals surface area contributed by atoms with Crippen LogP contribution < -0.4 is 0 Å². The third-order valence-corrected chi connectivity index (χ3v) is 1.12. The Labute approximate surface area is 54.6 Å². The summed E-state index contributed by atoms with van der Waals surface area (Å²) in [6, 6.07) is 0. The molecule has 0 saturated carbocycles. The second kappa shape index (κ2) is 4.06. The minimum atomic E-state index is -0.174. The summed E-state index contributed by atoms with van der Waals surface area (Å²) in [4.78, 5) is 21.8. The highest BCUT2D eigenvalue weighted by molar-refractivity contribution is 5.87. The maximum Gasteiger partial charge on any atom is 0.230 e. The largest absolute Gasteiger partial charge is 0.346 e. The molecule has 1 amide bonds. The molecule has 1 radical (unpaired) electrons. The van der Waals surface area contributed by atoms with Gasteiger partial charge in [0.15, 0.2) is 0 Å². The van der Waals surface area contributed by atoms with Crippen LogP contribution in [-0.2, 0) is 9.59 Å². The number of carbonyl (C=O) groups excluding carboxylic acids is 2. The van der Waals surface area contributed by atoms with Crippen LogP contribution in [0, 0.1) is 0 Å². The Bertz CT molecular complexity index is 112. The van der Waals surface area contributed by atoms with Crippen LogP contribution in [0.25, 0.3) is 0 Å². The van der Waals surface area contributed by atoms with Gasteiger partial charge in [0.05, 0.1) is 6.42 Å². The van der Waals surface area contributed by atoms with Crippen LogP contribution in [0.3, 0.4) is 0 Å². The van der Waals surface area contributed by atoms with Crippen molar-refractivity contribution in [1.82, 2.24) is 4.90 Å². The van der Waals surface area contributed by atoms with Crippen molar-refractivity contribution in [3.63, 3.8) is 0 Å². The quantitative estimate of drug-likeness (QED) is 0.500. The molecule has 0 aliphatic heterocycles. The summed E-state index contributed by atoms with van der Waals surface area (Å²) in [5.41, 5.74) is 0. The molecule has 9 heavy (non-hydrogen) atoms. The molecule has 0 N–H and O–H groups in total. The van der Waals surface area contributed by atoms with E-state index in [0.717, 1.165) is 0 Å². The third-order valence-electron chi connectivity index (χ3n) is 1.12. The Morgan fingerprint density at radius 3 is 2.56 bits per heavy atom. The first-order valence-corrected chi connectivity index (χ1v) is 2.81. The van der Waals surface area contributed by atoms with Gasteiger partial charge in [-0.25, -0.2) is 0 Å². The normalized spacial score (nSPS) is 8.67. The topological polar surface area (TPSA) is 37.4 Å². The van der Waals surface area contributed by atoms with Gasteiger partial charge in [-0.1, -0.05) is 0 Å². The van der Waals surface area contributed by atoms with Gasteiger partial charge in [0, 0.05) is 13.6 Å². The predicted octanol–water partition coefficient (Wildman–Crippen LogP) is -0.0355. The second-order valence-electron chi connectivity index (χ2n) is 1.73. The molecule has 0 unspecified atom stereocenters. The molecule has 0 spiro atoms. The minimum Gasteiger partial charge on any atom is -0.346 e. The molecule has 3 nitrogen and oxygen atoms in total. The highest BCUT2D eigenvalue weighted by Crippen LogP contribution is 1.85. The van der Waals surface area contributed by atoms with Crippen LogP contribution in [-0.4, -0.2) is 30.7 Å². The SMILES string of the molecule is CCN(C)C(=O)C[C]=O. The molecule has 3 heteroatoms. The van der Waals surface area contributed by atoms with Gasteiger partial charge < -0.3 is 4.90 Å². The molecule has 0 aromatic rings. The van der Waals surface area contributed by atoms with Crippen molar-refractivity contribution in [2.45, 2.75) is 13.3 Å². The Balaban J connectivity index is 3.58. The van der Waals surface area contributed by atoms with Crippen LogP contribution in [0.2, 0.25) is 0 Å². The van der Waals surface area contributed by atoms with Crippen molar-refractivity contribution >= 4 is 12.2 Å². The molecular weight excluding hydrogens is 118 g/mol. The van der Waals surface area contributed by atoms with Gasteiger partial charge >= 0.3 is 0 Å². The zero-order chi connectivity index (χ0) is 7.28. The summed E-state index contributed by atoms with van der Waals surface area (Å²) in [6.45, 7) is 2.49. The number of hydrogen-bond acceptors (Lipinski definition) is 2. The monoisotopic (exact) mass is 128 g/mol. The molecule has 0 aliphatic rings. The van der Waals surface area contributed by atoms with Crippen molar-refractivity contribution in [3.8, 4) is 0 Å². The van der Waals surface area contributed by atoms with E-state index in [4.69, 9.17) is 0 Å². The average Bonchev–Trinajstić information content (AvgIpc) is 1.87. The molecule has 0 bridgehead atoms. The van der Waals surface area contributed by atoms with E-state index in [1.165, 1.54) is 4.90 Å². The second-order valence-corrected chi connectivity index (χ2v) is 1.73. The highest BCUT2D eigenvalue weighted by atomic mass is 16.2. The number of carbonyl (C=O) groups is 1. The fraction of sp³-hybridized carbons (Fsp3) is 0.667. The molecule has 0 heterocycles. The van der Waals surface area contributed by atoms with Crippen LogP contribution in [0.4, 0.5) is 0 Å². The Morgan fingerprint density at radius 2 is 2.22 bits per heavy atom. The number of hydrogen-bond donors (Lipinski definition) is 0. The summed E-state index contributed by atoms with van der Waals surface area (Å²) in [5, 5.41) is 0. The maximum atomic E-state index is 10.6. The summed E-state index contributed by atoms with van der Waals surface area (Å²) >= 11 is 0. The predicted molar refractivity (Wildman–Crippen MR) is 33.6 cm³/mol. The van der Waals surface area contributed by atoms with Gasteiger partial charge in [-0.15, -0.1) is 0 Å². The van der Waals surface area contributed by atoms with Gasteiger partial charge in [0.1, 0.15) is 0 Å². The molecule has 0 atom stereocenters. The molecule has 0 aliphatic carbocycles. The first-order valence-electron chi connectivity index (χ1n) is 2.81. The first kappa shape index (κ1) is 8.14. The van der Waals surface area contributed by atoms with Crippen LogP contribution >= 0.6 is 0 Å². The molecule has 0 rings (SSSR count). The smallest absolute Gasteiger partial charge is 0.230 e. The fourth-order valence-corrected chi connectivity index (χ4v) is 0.373. The van der Waals surface area contributed by atoms with Crippen LogP contribution in [0.1, 0.15) is 13.3 Å². The first-order chi connectivity index (χ1) is 4.22. The Hall–Kier alpha value is -0.860. The van der Waals surface area contributed by atoms with E-state index in [1.807, 2.05) is 6.92 Å². The van der Waals surface area contributed by atoms with E-state index in [1.54, 1.807) is 13.3 Å². The fourth-order valence-electron chi connectivity index (χ4n) is 0.373. The number of rotatable bonds is 3. The molecule has 0 aromatic heterocycles. The summed E-state index contributed by atoms with van der Waals surface area (Å²) in [5.74, 6) is -0.174.